The quantitative estimate of drug-likeness (QED) is 0.899. The lowest BCUT2D eigenvalue weighted by Gasteiger charge is -2.32. The van der Waals surface area contributed by atoms with E-state index in [4.69, 9.17) is 20.9 Å². The van der Waals surface area contributed by atoms with Crippen LogP contribution in [0.15, 0.2) is 39.6 Å². The van der Waals surface area contributed by atoms with Crippen LogP contribution in [-0.4, -0.2) is 35.2 Å². The van der Waals surface area contributed by atoms with Gasteiger partial charge in [-0.25, -0.2) is 0 Å². The number of hydrogen-bond acceptors (Lipinski definition) is 4. The van der Waals surface area contributed by atoms with Gasteiger partial charge in [0.05, 0.1) is 5.02 Å². The van der Waals surface area contributed by atoms with Gasteiger partial charge in [-0.2, -0.15) is 5.16 Å². The first-order valence-corrected chi connectivity index (χ1v) is 8.36. The van der Waals surface area contributed by atoms with Crippen LogP contribution in [0.1, 0.15) is 25.0 Å². The lowest BCUT2D eigenvalue weighted by Crippen LogP contribution is -2.41. The highest BCUT2D eigenvalue weighted by Gasteiger charge is 2.24. The zero-order chi connectivity index (χ0) is 16.9. The third-order valence-electron chi connectivity index (χ3n) is 4.09. The first kappa shape index (κ1) is 16.6. The topological polar surface area (TPSA) is 75.5 Å². The van der Waals surface area contributed by atoms with Crippen molar-refractivity contribution in [3.8, 4) is 5.75 Å². The largest absolute Gasteiger partial charge is 0.489 e. The Morgan fingerprint density at radius 1 is 1.33 bits per heavy atom. The third kappa shape index (κ3) is 4.20. The number of carbonyl (C=O) groups is 1. The highest BCUT2D eigenvalue weighted by molar-refractivity contribution is 6.32. The number of ether oxygens (including phenoxy) is 1. The van der Waals surface area contributed by atoms with Gasteiger partial charge in [0.2, 0.25) is 5.91 Å². The molecule has 0 saturated carbocycles. The van der Waals surface area contributed by atoms with Crippen LogP contribution in [0.2, 0.25) is 5.02 Å². The van der Waals surface area contributed by atoms with Crippen molar-refractivity contribution in [3.05, 3.63) is 51.5 Å². The van der Waals surface area contributed by atoms with Gasteiger partial charge in [-0.15, -0.1) is 0 Å². The van der Waals surface area contributed by atoms with E-state index in [-0.39, 0.29) is 17.6 Å². The van der Waals surface area contributed by atoms with Crippen molar-refractivity contribution in [1.82, 2.24) is 10.1 Å². The summed E-state index contributed by atoms with van der Waals surface area (Å²) in [7, 11) is 0. The number of amides is 1. The van der Waals surface area contributed by atoms with Gasteiger partial charge in [-0.3, -0.25) is 9.59 Å². The molecule has 0 atom stereocenters. The molecule has 1 aromatic carbocycles. The number of carbonyl (C=O) groups excluding carboxylic acids is 1. The van der Waals surface area contributed by atoms with Gasteiger partial charge in [-0.05, 0) is 12.1 Å². The van der Waals surface area contributed by atoms with Gasteiger partial charge in [0, 0.05) is 44.8 Å². The molecular weight excluding hydrogens is 332 g/mol. The smallest absolute Gasteiger partial charge is 0.280 e. The van der Waals surface area contributed by atoms with Crippen molar-refractivity contribution in [2.24, 2.45) is 0 Å². The maximum absolute atomic E-state index is 12.2. The average molecular weight is 351 g/mol. The predicted molar refractivity (Wildman–Crippen MR) is 89.3 cm³/mol. The normalized spacial score (nSPS) is 15.5. The van der Waals surface area contributed by atoms with E-state index in [9.17, 15) is 9.59 Å². The number of aromatic nitrogens is 1. The van der Waals surface area contributed by atoms with Gasteiger partial charge in [-0.1, -0.05) is 23.7 Å². The summed E-state index contributed by atoms with van der Waals surface area (Å²) in [5.41, 5.74) is -0.282. The Bertz CT molecular complexity index is 747. The van der Waals surface area contributed by atoms with Gasteiger partial charge < -0.3 is 14.2 Å². The molecule has 128 valence electrons. The molecule has 1 aliphatic heterocycles. The average Bonchev–Trinajstić information content (AvgIpc) is 3.01. The summed E-state index contributed by atoms with van der Waals surface area (Å²) in [5.74, 6) is 1.26. The first-order chi connectivity index (χ1) is 11.6. The highest BCUT2D eigenvalue weighted by atomic mass is 35.5. The summed E-state index contributed by atoms with van der Waals surface area (Å²) in [6.07, 6.45) is 2.37. The minimum Gasteiger partial charge on any atom is -0.489 e. The monoisotopic (exact) mass is 350 g/mol. The Kier molecular flexibility index (Phi) is 5.25. The van der Waals surface area contributed by atoms with Crippen LogP contribution in [0.3, 0.4) is 0 Å². The molecule has 1 aromatic heterocycles. The number of nitrogens with one attached hydrogen (secondary N) is 1. The van der Waals surface area contributed by atoms with Crippen molar-refractivity contribution in [2.45, 2.75) is 31.8 Å². The summed E-state index contributed by atoms with van der Waals surface area (Å²) in [4.78, 5) is 25.0. The maximum Gasteiger partial charge on any atom is 0.280 e. The van der Waals surface area contributed by atoms with Gasteiger partial charge in [0.15, 0.2) is 0 Å². The number of aryl methyl sites for hydroxylation is 1. The molecule has 0 radical (unpaired) electrons. The SMILES string of the molecule is O=C(CCc1cc(=O)[nH]o1)N1CCC(Oc2ccccc2Cl)CC1. The molecule has 1 N–H and O–H groups in total. The molecule has 7 heteroatoms. The standard InChI is InChI=1S/C17H19ClN2O4/c18-14-3-1-2-4-15(14)23-12-7-9-20(10-8-12)17(22)6-5-13-11-16(21)19-24-13/h1-4,11-12H,5-10H2,(H,19,21). The predicted octanol–water partition coefficient (Wildman–Crippen LogP) is 2.62. The lowest BCUT2D eigenvalue weighted by atomic mass is 10.1. The fraction of sp³-hybridized carbons (Fsp3) is 0.412. The number of H-pyrrole nitrogens is 1. The molecule has 1 saturated heterocycles. The Balaban J connectivity index is 1.45. The molecule has 6 nitrogen and oxygen atoms in total. The maximum atomic E-state index is 12.2. The molecule has 0 aliphatic carbocycles. The van der Waals surface area contributed by atoms with E-state index < -0.39 is 0 Å². The molecule has 3 rings (SSSR count). The fourth-order valence-corrected chi connectivity index (χ4v) is 2.96. The van der Waals surface area contributed by atoms with Crippen LogP contribution in [0, 0.1) is 0 Å². The highest BCUT2D eigenvalue weighted by Crippen LogP contribution is 2.26. The van der Waals surface area contributed by atoms with Crippen molar-refractivity contribution < 1.29 is 14.1 Å². The van der Waals surface area contributed by atoms with Crippen LogP contribution < -0.4 is 10.3 Å². The number of halogens is 1. The van der Waals surface area contributed by atoms with E-state index in [1.165, 1.54) is 6.07 Å². The fourth-order valence-electron chi connectivity index (χ4n) is 2.78. The molecule has 2 heterocycles. The summed E-state index contributed by atoms with van der Waals surface area (Å²) < 4.78 is 10.9. The van der Waals surface area contributed by atoms with E-state index >= 15 is 0 Å². The van der Waals surface area contributed by atoms with Gasteiger partial charge in [0.25, 0.3) is 5.56 Å². The second kappa shape index (κ2) is 7.57. The molecule has 0 bridgehead atoms. The van der Waals surface area contributed by atoms with E-state index in [2.05, 4.69) is 5.16 Å². The van der Waals surface area contributed by atoms with Crippen LogP contribution in [0.5, 0.6) is 5.75 Å². The van der Waals surface area contributed by atoms with Crippen LogP contribution >= 0.6 is 11.6 Å². The Morgan fingerprint density at radius 3 is 2.75 bits per heavy atom. The zero-order valence-electron chi connectivity index (χ0n) is 13.2. The van der Waals surface area contributed by atoms with Crippen LogP contribution in [-0.2, 0) is 11.2 Å². The molecule has 1 aliphatic rings. The van der Waals surface area contributed by atoms with Crippen molar-refractivity contribution >= 4 is 17.5 Å². The van der Waals surface area contributed by atoms with E-state index in [0.29, 0.717) is 42.5 Å². The molecule has 1 fully saturated rings. The molecular formula is C17H19ClN2O4. The van der Waals surface area contributed by atoms with Crippen LogP contribution in [0.25, 0.3) is 0 Å². The second-order valence-electron chi connectivity index (χ2n) is 5.81. The van der Waals surface area contributed by atoms with Crippen molar-refractivity contribution in [2.75, 3.05) is 13.1 Å². The van der Waals surface area contributed by atoms with Crippen LogP contribution in [0.4, 0.5) is 0 Å². The number of likely N-dealkylation sites (tertiary alicyclic amines) is 1. The van der Waals surface area contributed by atoms with Crippen molar-refractivity contribution in [1.29, 1.82) is 0 Å². The molecule has 0 unspecified atom stereocenters. The minimum absolute atomic E-state index is 0.0649. The Labute approximate surface area is 144 Å². The summed E-state index contributed by atoms with van der Waals surface area (Å²) in [6, 6.07) is 8.78. The zero-order valence-corrected chi connectivity index (χ0v) is 13.9. The number of hydrogen-bond donors (Lipinski definition) is 1. The molecule has 24 heavy (non-hydrogen) atoms. The molecule has 0 spiro atoms. The third-order valence-corrected chi connectivity index (χ3v) is 4.40. The number of benzene rings is 1. The Hall–Kier alpha value is -2.21. The van der Waals surface area contributed by atoms with E-state index in [1.54, 1.807) is 6.07 Å². The number of piperidine rings is 1. The van der Waals surface area contributed by atoms with Crippen molar-refractivity contribution in [3.63, 3.8) is 0 Å². The number of nitrogens with zero attached hydrogens (tertiary/aromatic N) is 1. The Morgan fingerprint density at radius 2 is 2.08 bits per heavy atom. The lowest BCUT2D eigenvalue weighted by molar-refractivity contribution is -0.133. The number of para-hydroxylation sites is 1. The number of rotatable bonds is 5. The van der Waals surface area contributed by atoms with Gasteiger partial charge >= 0.3 is 0 Å². The molecule has 2 aromatic rings. The van der Waals surface area contributed by atoms with Gasteiger partial charge in [0.1, 0.15) is 17.6 Å². The minimum atomic E-state index is -0.282. The summed E-state index contributed by atoms with van der Waals surface area (Å²) >= 11 is 6.10. The second-order valence-corrected chi connectivity index (χ2v) is 6.21. The molecule has 1 amide bonds. The number of aromatic amines is 1. The first-order valence-electron chi connectivity index (χ1n) is 7.98. The summed E-state index contributed by atoms with van der Waals surface area (Å²) in [5, 5.41) is 2.82. The van der Waals surface area contributed by atoms with E-state index in [0.717, 1.165) is 12.8 Å². The van der Waals surface area contributed by atoms with E-state index in [1.807, 2.05) is 23.1 Å². The summed E-state index contributed by atoms with van der Waals surface area (Å²) in [6.45, 7) is 1.32.